The number of anilines is 1. The van der Waals surface area contributed by atoms with Gasteiger partial charge in [-0.2, -0.15) is 31.6 Å². The van der Waals surface area contributed by atoms with Crippen LogP contribution in [-0.2, 0) is 21.5 Å². The predicted octanol–water partition coefficient (Wildman–Crippen LogP) is 6.12. The zero-order valence-corrected chi connectivity index (χ0v) is 20.2. The normalized spacial score (nSPS) is 17.8. The van der Waals surface area contributed by atoms with Gasteiger partial charge >= 0.3 is 12.4 Å². The van der Waals surface area contributed by atoms with E-state index in [-0.39, 0.29) is 18.1 Å². The van der Waals surface area contributed by atoms with E-state index in [0.29, 0.717) is 29.7 Å². The molecule has 4 rings (SSSR count). The van der Waals surface area contributed by atoms with Crippen molar-refractivity contribution in [3.63, 3.8) is 0 Å². The molecule has 1 unspecified atom stereocenters. The fraction of sp³-hybridized carbons (Fsp3) is 0.400. The van der Waals surface area contributed by atoms with E-state index in [1.54, 1.807) is 17.8 Å². The van der Waals surface area contributed by atoms with E-state index in [9.17, 15) is 35.9 Å². The summed E-state index contributed by atoms with van der Waals surface area (Å²) < 4.78 is 80.4. The van der Waals surface area contributed by atoms with Gasteiger partial charge in [-0.3, -0.25) is 9.59 Å². The lowest BCUT2D eigenvalue weighted by molar-refractivity contribution is -0.283. The summed E-state index contributed by atoms with van der Waals surface area (Å²) in [5, 5.41) is 11.4. The zero-order valence-electron chi connectivity index (χ0n) is 19.4. The van der Waals surface area contributed by atoms with Crippen LogP contribution in [0.5, 0.6) is 0 Å². The Morgan fingerprint density at radius 3 is 2.19 bits per heavy atom. The number of thioether (sulfide) groups is 1. The van der Waals surface area contributed by atoms with Gasteiger partial charge in [-0.15, -0.1) is 11.8 Å². The number of hydrogen-bond acceptors (Lipinski definition) is 4. The number of rotatable bonds is 6. The van der Waals surface area contributed by atoms with Crippen LogP contribution in [0.1, 0.15) is 42.5 Å². The Hall–Kier alpha value is -3.20. The van der Waals surface area contributed by atoms with Gasteiger partial charge in [0, 0.05) is 29.8 Å². The van der Waals surface area contributed by atoms with Gasteiger partial charge in [0.2, 0.25) is 5.91 Å². The molecular weight excluding hydrogens is 520 g/mol. The smallest absolute Gasteiger partial charge is 0.324 e. The molecule has 12 heteroatoms. The van der Waals surface area contributed by atoms with Crippen molar-refractivity contribution in [2.75, 3.05) is 11.1 Å². The molecule has 196 valence electrons. The Bertz CT molecular complexity index is 1240. The highest BCUT2D eigenvalue weighted by Crippen LogP contribution is 2.51. The molecule has 1 saturated carbocycles. The molecule has 5 nitrogen and oxygen atoms in total. The van der Waals surface area contributed by atoms with Gasteiger partial charge in [-0.1, -0.05) is 18.2 Å². The maximum Gasteiger partial charge on any atom is 0.420 e. The molecule has 1 heterocycles. The van der Waals surface area contributed by atoms with Crippen LogP contribution in [0.2, 0.25) is 0 Å². The minimum atomic E-state index is -5.92. The van der Waals surface area contributed by atoms with E-state index in [1.807, 2.05) is 12.1 Å². The Morgan fingerprint density at radius 1 is 1.05 bits per heavy atom. The number of carbonyl (C=O) groups excluding carboxylic acids is 2. The lowest BCUT2D eigenvalue weighted by Gasteiger charge is -2.31. The van der Waals surface area contributed by atoms with Crippen LogP contribution in [0, 0.1) is 17.2 Å². The second kappa shape index (κ2) is 9.59. The number of nitriles is 1. The minimum Gasteiger partial charge on any atom is -0.324 e. The number of carbonyl (C=O) groups is 2. The maximum absolute atomic E-state index is 13.4. The van der Waals surface area contributed by atoms with Crippen LogP contribution in [0.3, 0.4) is 0 Å². The first kappa shape index (κ1) is 26.9. The van der Waals surface area contributed by atoms with E-state index in [4.69, 9.17) is 5.26 Å². The van der Waals surface area contributed by atoms with Gasteiger partial charge < -0.3 is 10.2 Å². The molecular formula is C25H21F6N3O2S. The summed E-state index contributed by atoms with van der Waals surface area (Å²) in [5.74, 6) is 0.666. The molecule has 1 atom stereocenters. The SMILES string of the molecule is CC(=O)N1Cc2cc(SCC3CC3)ccc2C1C(=O)Nc1ccc(C(C#N)(C(F)(F)F)C(F)(F)F)cc1. The number of benzene rings is 2. The summed E-state index contributed by atoms with van der Waals surface area (Å²) in [5.41, 5.74) is -4.73. The summed E-state index contributed by atoms with van der Waals surface area (Å²) in [6.45, 7) is 1.50. The molecule has 0 saturated heterocycles. The predicted molar refractivity (Wildman–Crippen MR) is 123 cm³/mol. The van der Waals surface area contributed by atoms with Crippen molar-refractivity contribution >= 4 is 29.3 Å². The molecule has 2 aliphatic rings. The highest BCUT2D eigenvalue weighted by Gasteiger charge is 2.72. The summed E-state index contributed by atoms with van der Waals surface area (Å²) in [6, 6.07) is 7.66. The van der Waals surface area contributed by atoms with Crippen LogP contribution in [0.25, 0.3) is 0 Å². The number of alkyl halides is 6. The lowest BCUT2D eigenvalue weighted by atomic mass is 9.80. The molecule has 2 aromatic carbocycles. The van der Waals surface area contributed by atoms with Gasteiger partial charge in [0.15, 0.2) is 0 Å². The van der Waals surface area contributed by atoms with Crippen LogP contribution in [-0.4, -0.2) is 34.8 Å². The standard InChI is InChI=1S/C25H21F6N3O2S/c1-14(35)34-11-16-10-19(37-12-15-2-3-15)8-9-20(16)21(34)22(36)33-18-6-4-17(5-7-18)23(13-32,24(26,27)28)25(29,30)31/h4-10,15,21H,2-3,11-12H2,1H3,(H,33,36). The van der Waals surface area contributed by atoms with Crippen molar-refractivity contribution in [3.05, 3.63) is 59.2 Å². The van der Waals surface area contributed by atoms with Crippen LogP contribution in [0.4, 0.5) is 32.0 Å². The van der Waals surface area contributed by atoms with Gasteiger partial charge in [0.25, 0.3) is 11.3 Å². The fourth-order valence-electron chi connectivity index (χ4n) is 4.29. The molecule has 0 spiro atoms. The van der Waals surface area contributed by atoms with E-state index in [1.165, 1.54) is 24.7 Å². The van der Waals surface area contributed by atoms with Gasteiger partial charge in [-0.25, -0.2) is 0 Å². The molecule has 1 fully saturated rings. The van der Waals surface area contributed by atoms with E-state index < -0.39 is 35.3 Å². The largest absolute Gasteiger partial charge is 0.420 e. The number of amides is 2. The number of halogens is 6. The number of nitrogens with zero attached hydrogens (tertiary/aromatic N) is 2. The highest BCUT2D eigenvalue weighted by atomic mass is 32.2. The summed E-state index contributed by atoms with van der Waals surface area (Å²) in [6.07, 6.45) is -9.42. The maximum atomic E-state index is 13.4. The summed E-state index contributed by atoms with van der Waals surface area (Å²) >= 11 is 1.70. The van der Waals surface area contributed by atoms with E-state index >= 15 is 0 Å². The van der Waals surface area contributed by atoms with Crippen molar-refractivity contribution in [1.82, 2.24) is 4.90 Å². The van der Waals surface area contributed by atoms with Crippen molar-refractivity contribution in [1.29, 1.82) is 5.26 Å². The molecule has 2 amide bonds. The Kier molecular flexibility index (Phi) is 6.96. The first-order valence-electron chi connectivity index (χ1n) is 11.3. The van der Waals surface area contributed by atoms with E-state index in [0.717, 1.165) is 28.3 Å². The monoisotopic (exact) mass is 541 g/mol. The fourth-order valence-corrected chi connectivity index (χ4v) is 5.44. The third-order valence-electron chi connectivity index (χ3n) is 6.50. The molecule has 1 aliphatic carbocycles. The van der Waals surface area contributed by atoms with Crippen molar-refractivity contribution in [2.45, 2.75) is 55.0 Å². The first-order chi connectivity index (χ1) is 17.3. The second-order valence-corrected chi connectivity index (χ2v) is 10.2. The van der Waals surface area contributed by atoms with Gasteiger partial charge in [-0.05, 0) is 59.7 Å². The summed E-state index contributed by atoms with van der Waals surface area (Å²) in [7, 11) is 0. The number of nitrogens with one attached hydrogen (secondary N) is 1. The van der Waals surface area contributed by atoms with Crippen molar-refractivity contribution in [3.8, 4) is 6.07 Å². The van der Waals surface area contributed by atoms with Crippen molar-refractivity contribution in [2.24, 2.45) is 5.92 Å². The third kappa shape index (κ3) is 5.01. The van der Waals surface area contributed by atoms with E-state index in [2.05, 4.69) is 5.32 Å². The Balaban J connectivity index is 1.57. The van der Waals surface area contributed by atoms with Gasteiger partial charge in [0.05, 0.1) is 6.07 Å². The zero-order chi connectivity index (χ0) is 27.2. The molecule has 0 aromatic heterocycles. The topological polar surface area (TPSA) is 73.2 Å². The molecule has 1 aliphatic heterocycles. The molecule has 0 bridgehead atoms. The lowest BCUT2D eigenvalue weighted by Crippen LogP contribution is -2.52. The molecule has 1 N–H and O–H groups in total. The summed E-state index contributed by atoms with van der Waals surface area (Å²) in [4.78, 5) is 27.8. The van der Waals surface area contributed by atoms with Crippen LogP contribution >= 0.6 is 11.8 Å². The first-order valence-corrected chi connectivity index (χ1v) is 12.3. The molecule has 0 radical (unpaired) electrons. The van der Waals surface area contributed by atoms with Crippen LogP contribution < -0.4 is 5.32 Å². The molecule has 37 heavy (non-hydrogen) atoms. The number of hydrogen-bond donors (Lipinski definition) is 1. The average Bonchev–Trinajstić information content (AvgIpc) is 3.55. The Labute approximate surface area is 212 Å². The Morgan fingerprint density at radius 2 is 1.68 bits per heavy atom. The highest BCUT2D eigenvalue weighted by molar-refractivity contribution is 7.99. The van der Waals surface area contributed by atoms with Crippen LogP contribution in [0.15, 0.2) is 47.4 Å². The third-order valence-corrected chi connectivity index (χ3v) is 7.73. The van der Waals surface area contributed by atoms with Crippen molar-refractivity contribution < 1.29 is 35.9 Å². The van der Waals surface area contributed by atoms with Gasteiger partial charge in [0.1, 0.15) is 6.04 Å². The molecule has 2 aromatic rings. The quantitative estimate of drug-likeness (QED) is 0.354. The number of fused-ring (bicyclic) bond motifs is 1. The average molecular weight is 542 g/mol. The second-order valence-electron chi connectivity index (χ2n) is 9.09. The minimum absolute atomic E-state index is 0.0847.